The monoisotopic (exact) mass is 193 g/mol. The number of aromatic nitrogens is 1. The van der Waals surface area contributed by atoms with Crippen molar-refractivity contribution in [1.29, 1.82) is 0 Å². The molecule has 1 aromatic carbocycles. The fraction of sp³-hybridized carbons (Fsp3) is 0.182. The molecule has 0 aliphatic rings. The van der Waals surface area contributed by atoms with Gasteiger partial charge < -0.3 is 0 Å². The zero-order chi connectivity index (χ0) is 10.1. The highest BCUT2D eigenvalue weighted by molar-refractivity contribution is 5.79. The second-order valence-electron chi connectivity index (χ2n) is 3.23. The van der Waals surface area contributed by atoms with Gasteiger partial charge in [0.15, 0.2) is 0 Å². The van der Waals surface area contributed by atoms with Crippen LogP contribution in [-0.4, -0.2) is 4.98 Å². The van der Waals surface area contributed by atoms with E-state index in [1.54, 1.807) is 12.1 Å². The van der Waals surface area contributed by atoms with E-state index >= 15 is 0 Å². The van der Waals surface area contributed by atoms with Crippen LogP contribution in [0, 0.1) is 6.92 Å². The Bertz CT molecular complexity index is 466. The standard InChI is InChI=1S/C11H9F2N/c1-7-2-4-9-8(6-7)3-5-10(14-9)11(12)13/h2-6,11H,1H3. The van der Waals surface area contributed by atoms with Gasteiger partial charge in [0.2, 0.25) is 0 Å². The second-order valence-corrected chi connectivity index (χ2v) is 3.23. The summed E-state index contributed by atoms with van der Waals surface area (Å²) in [7, 11) is 0. The van der Waals surface area contributed by atoms with Crippen LogP contribution in [0.2, 0.25) is 0 Å². The predicted octanol–water partition coefficient (Wildman–Crippen LogP) is 3.48. The third-order valence-electron chi connectivity index (χ3n) is 2.09. The molecule has 0 saturated carbocycles. The quantitative estimate of drug-likeness (QED) is 0.675. The van der Waals surface area contributed by atoms with Gasteiger partial charge in [-0.3, -0.25) is 0 Å². The summed E-state index contributed by atoms with van der Waals surface area (Å²) in [5.74, 6) is 0. The van der Waals surface area contributed by atoms with Gasteiger partial charge in [0.05, 0.1) is 5.52 Å². The first-order chi connectivity index (χ1) is 6.66. The molecular formula is C11H9F2N. The number of benzene rings is 1. The fourth-order valence-electron chi connectivity index (χ4n) is 1.38. The Balaban J connectivity index is 2.62. The number of nitrogens with zero attached hydrogens (tertiary/aromatic N) is 1. The molecule has 0 aliphatic carbocycles. The van der Waals surface area contributed by atoms with Crippen molar-refractivity contribution in [3.05, 3.63) is 41.6 Å². The predicted molar refractivity (Wildman–Crippen MR) is 51.4 cm³/mol. The van der Waals surface area contributed by atoms with E-state index in [1.165, 1.54) is 6.07 Å². The Morgan fingerprint density at radius 3 is 2.64 bits per heavy atom. The average molecular weight is 193 g/mol. The Morgan fingerprint density at radius 2 is 1.93 bits per heavy atom. The topological polar surface area (TPSA) is 12.9 Å². The molecule has 0 radical (unpaired) electrons. The number of hydrogen-bond donors (Lipinski definition) is 0. The molecule has 0 aliphatic heterocycles. The van der Waals surface area contributed by atoms with Crippen molar-refractivity contribution in [3.8, 4) is 0 Å². The summed E-state index contributed by atoms with van der Waals surface area (Å²) in [5.41, 5.74) is 1.55. The lowest BCUT2D eigenvalue weighted by atomic mass is 10.1. The second kappa shape index (κ2) is 3.33. The molecule has 2 aromatic rings. The summed E-state index contributed by atoms with van der Waals surface area (Å²) in [6, 6.07) is 8.60. The highest BCUT2D eigenvalue weighted by Gasteiger charge is 2.08. The zero-order valence-corrected chi connectivity index (χ0v) is 7.67. The van der Waals surface area contributed by atoms with Crippen LogP contribution in [-0.2, 0) is 0 Å². The van der Waals surface area contributed by atoms with Gasteiger partial charge in [0, 0.05) is 5.39 Å². The summed E-state index contributed by atoms with van der Waals surface area (Å²) in [6.07, 6.45) is -2.50. The third kappa shape index (κ3) is 1.58. The van der Waals surface area contributed by atoms with E-state index in [4.69, 9.17) is 0 Å². The summed E-state index contributed by atoms with van der Waals surface area (Å²) >= 11 is 0. The summed E-state index contributed by atoms with van der Waals surface area (Å²) in [5, 5.41) is 0.898. The van der Waals surface area contributed by atoms with E-state index in [2.05, 4.69) is 4.98 Å². The van der Waals surface area contributed by atoms with Gasteiger partial charge in [0.1, 0.15) is 5.69 Å². The molecule has 1 aromatic heterocycles. The number of hydrogen-bond acceptors (Lipinski definition) is 1. The molecule has 0 fully saturated rings. The minimum atomic E-state index is -2.50. The van der Waals surface area contributed by atoms with Gasteiger partial charge in [-0.25, -0.2) is 13.8 Å². The van der Waals surface area contributed by atoms with Crippen LogP contribution in [0.3, 0.4) is 0 Å². The molecule has 0 unspecified atom stereocenters. The molecule has 0 bridgehead atoms. The highest BCUT2D eigenvalue weighted by Crippen LogP contribution is 2.20. The molecule has 2 rings (SSSR count). The molecule has 0 spiro atoms. The van der Waals surface area contributed by atoms with Gasteiger partial charge in [-0.05, 0) is 25.1 Å². The maximum absolute atomic E-state index is 12.3. The normalized spacial score (nSPS) is 11.1. The zero-order valence-electron chi connectivity index (χ0n) is 7.67. The van der Waals surface area contributed by atoms with Gasteiger partial charge in [0.25, 0.3) is 6.43 Å². The number of fused-ring (bicyclic) bond motifs is 1. The van der Waals surface area contributed by atoms with Crippen LogP contribution < -0.4 is 0 Å². The van der Waals surface area contributed by atoms with E-state index in [0.29, 0.717) is 5.52 Å². The minimum absolute atomic E-state index is 0.165. The molecule has 14 heavy (non-hydrogen) atoms. The van der Waals surface area contributed by atoms with Gasteiger partial charge in [-0.2, -0.15) is 0 Å². The molecule has 0 N–H and O–H groups in total. The van der Waals surface area contributed by atoms with Crippen molar-refractivity contribution >= 4 is 10.9 Å². The van der Waals surface area contributed by atoms with Crippen LogP contribution in [0.25, 0.3) is 10.9 Å². The third-order valence-corrected chi connectivity index (χ3v) is 2.09. The lowest BCUT2D eigenvalue weighted by Gasteiger charge is -2.02. The fourth-order valence-corrected chi connectivity index (χ4v) is 1.38. The van der Waals surface area contributed by atoms with Crippen LogP contribution in [0.15, 0.2) is 30.3 Å². The molecule has 0 amide bonds. The van der Waals surface area contributed by atoms with Crippen molar-refractivity contribution in [2.24, 2.45) is 0 Å². The van der Waals surface area contributed by atoms with Crippen molar-refractivity contribution in [2.45, 2.75) is 13.3 Å². The van der Waals surface area contributed by atoms with Crippen molar-refractivity contribution in [3.63, 3.8) is 0 Å². The smallest absolute Gasteiger partial charge is 0.247 e. The van der Waals surface area contributed by atoms with E-state index in [-0.39, 0.29) is 5.69 Å². The van der Waals surface area contributed by atoms with Gasteiger partial charge in [-0.15, -0.1) is 0 Å². The van der Waals surface area contributed by atoms with Crippen LogP contribution in [0.4, 0.5) is 8.78 Å². The van der Waals surface area contributed by atoms with Crippen molar-refractivity contribution < 1.29 is 8.78 Å². The Morgan fingerprint density at radius 1 is 1.14 bits per heavy atom. The maximum atomic E-state index is 12.3. The summed E-state index contributed by atoms with van der Waals surface area (Å²) in [6.45, 7) is 1.96. The largest absolute Gasteiger partial charge is 0.280 e. The first kappa shape index (κ1) is 9.06. The maximum Gasteiger partial charge on any atom is 0.280 e. The van der Waals surface area contributed by atoms with Gasteiger partial charge >= 0.3 is 0 Å². The molecule has 3 heteroatoms. The minimum Gasteiger partial charge on any atom is -0.247 e. The number of halogens is 2. The number of pyridine rings is 1. The first-order valence-corrected chi connectivity index (χ1v) is 4.32. The summed E-state index contributed by atoms with van der Waals surface area (Å²) < 4.78 is 24.6. The number of rotatable bonds is 1. The van der Waals surface area contributed by atoms with Crippen LogP contribution in [0.1, 0.15) is 17.7 Å². The Hall–Kier alpha value is -1.51. The molecule has 0 atom stereocenters. The van der Waals surface area contributed by atoms with Crippen molar-refractivity contribution in [1.82, 2.24) is 4.98 Å². The lowest BCUT2D eigenvalue weighted by molar-refractivity contribution is 0.146. The van der Waals surface area contributed by atoms with E-state index in [0.717, 1.165) is 10.9 Å². The molecule has 72 valence electrons. The number of alkyl halides is 2. The number of aryl methyl sites for hydroxylation is 1. The van der Waals surface area contributed by atoms with Crippen LogP contribution in [0.5, 0.6) is 0 Å². The van der Waals surface area contributed by atoms with Crippen LogP contribution >= 0.6 is 0 Å². The van der Waals surface area contributed by atoms with E-state index in [9.17, 15) is 8.78 Å². The molecule has 0 saturated heterocycles. The molecular weight excluding hydrogens is 184 g/mol. The van der Waals surface area contributed by atoms with E-state index < -0.39 is 6.43 Å². The Kier molecular flexibility index (Phi) is 2.15. The Labute approximate surface area is 80.4 Å². The van der Waals surface area contributed by atoms with E-state index in [1.807, 2.05) is 19.1 Å². The average Bonchev–Trinajstić information content (AvgIpc) is 2.16. The van der Waals surface area contributed by atoms with Crippen molar-refractivity contribution in [2.75, 3.05) is 0 Å². The molecule has 1 heterocycles. The lowest BCUT2D eigenvalue weighted by Crippen LogP contribution is -1.90. The summed E-state index contributed by atoms with van der Waals surface area (Å²) in [4.78, 5) is 3.87. The SMILES string of the molecule is Cc1ccc2nc(C(F)F)ccc2c1. The van der Waals surface area contributed by atoms with Gasteiger partial charge in [-0.1, -0.05) is 17.7 Å². The first-order valence-electron chi connectivity index (χ1n) is 4.32. The molecule has 1 nitrogen and oxygen atoms in total. The highest BCUT2D eigenvalue weighted by atomic mass is 19.3.